The fourth-order valence-electron chi connectivity index (χ4n) is 1.52. The quantitative estimate of drug-likeness (QED) is 0.694. The number of rotatable bonds is 7. The predicted molar refractivity (Wildman–Crippen MR) is 57.4 cm³/mol. The second-order valence-electron chi connectivity index (χ2n) is 3.80. The van der Waals surface area contributed by atoms with Crippen molar-refractivity contribution in [3.8, 4) is 0 Å². The van der Waals surface area contributed by atoms with Crippen molar-refractivity contribution in [1.82, 2.24) is 4.90 Å². The molecule has 7 heteroatoms. The van der Waals surface area contributed by atoms with Crippen molar-refractivity contribution in [3.63, 3.8) is 0 Å². The Kier molecular flexibility index (Phi) is 7.13. The van der Waals surface area contributed by atoms with E-state index in [1.165, 1.54) is 19.1 Å². The van der Waals surface area contributed by atoms with Crippen molar-refractivity contribution in [2.45, 2.75) is 31.5 Å². The third-order valence-electron chi connectivity index (χ3n) is 2.47. The van der Waals surface area contributed by atoms with Gasteiger partial charge in [-0.05, 0) is 33.0 Å². The monoisotopic (exact) mass is 256 g/mol. The van der Waals surface area contributed by atoms with Gasteiger partial charge in [-0.1, -0.05) is 0 Å². The SMILES string of the molecule is COC(=O)CCCN(C)C(CCN)C(F)(F)F. The van der Waals surface area contributed by atoms with Gasteiger partial charge in [0.05, 0.1) is 7.11 Å². The second-order valence-corrected chi connectivity index (χ2v) is 3.80. The van der Waals surface area contributed by atoms with E-state index in [4.69, 9.17) is 5.73 Å². The Balaban J connectivity index is 4.15. The number of nitrogens with zero attached hydrogens (tertiary/aromatic N) is 1. The van der Waals surface area contributed by atoms with Gasteiger partial charge in [-0.3, -0.25) is 9.69 Å². The minimum Gasteiger partial charge on any atom is -0.469 e. The van der Waals surface area contributed by atoms with Crippen molar-refractivity contribution in [3.05, 3.63) is 0 Å². The summed E-state index contributed by atoms with van der Waals surface area (Å²) in [5, 5.41) is 0. The zero-order valence-corrected chi connectivity index (χ0v) is 10.1. The normalized spacial score (nSPS) is 13.8. The van der Waals surface area contributed by atoms with Crippen LogP contribution in [-0.4, -0.2) is 50.3 Å². The maximum Gasteiger partial charge on any atom is 0.404 e. The average Bonchev–Trinajstić information content (AvgIpc) is 2.23. The van der Waals surface area contributed by atoms with Crippen LogP contribution in [0.1, 0.15) is 19.3 Å². The molecule has 0 fully saturated rings. The topological polar surface area (TPSA) is 55.6 Å². The minimum atomic E-state index is -4.29. The van der Waals surface area contributed by atoms with Gasteiger partial charge in [0, 0.05) is 6.42 Å². The molecule has 0 bridgehead atoms. The number of ether oxygens (including phenoxy) is 1. The van der Waals surface area contributed by atoms with Crippen molar-refractivity contribution >= 4 is 5.97 Å². The zero-order chi connectivity index (χ0) is 13.5. The summed E-state index contributed by atoms with van der Waals surface area (Å²) < 4.78 is 42.3. The summed E-state index contributed by atoms with van der Waals surface area (Å²) in [5.74, 6) is -0.416. The van der Waals surface area contributed by atoms with E-state index in [2.05, 4.69) is 4.74 Å². The molecule has 0 radical (unpaired) electrons. The van der Waals surface area contributed by atoms with E-state index in [-0.39, 0.29) is 25.9 Å². The van der Waals surface area contributed by atoms with Crippen LogP contribution in [0.5, 0.6) is 0 Å². The molecule has 0 heterocycles. The van der Waals surface area contributed by atoms with Gasteiger partial charge in [0.2, 0.25) is 0 Å². The third-order valence-corrected chi connectivity index (χ3v) is 2.47. The van der Waals surface area contributed by atoms with Crippen LogP contribution >= 0.6 is 0 Å². The van der Waals surface area contributed by atoms with Crippen LogP contribution in [0.4, 0.5) is 13.2 Å². The molecule has 0 aliphatic carbocycles. The summed E-state index contributed by atoms with van der Waals surface area (Å²) in [5.41, 5.74) is 5.16. The third kappa shape index (κ3) is 6.48. The van der Waals surface area contributed by atoms with Gasteiger partial charge in [-0.25, -0.2) is 0 Å². The molecule has 0 aliphatic heterocycles. The van der Waals surface area contributed by atoms with Crippen LogP contribution in [-0.2, 0) is 9.53 Å². The first-order valence-corrected chi connectivity index (χ1v) is 5.36. The lowest BCUT2D eigenvalue weighted by molar-refractivity contribution is -0.181. The van der Waals surface area contributed by atoms with E-state index in [0.29, 0.717) is 6.42 Å². The van der Waals surface area contributed by atoms with E-state index in [0.717, 1.165) is 0 Å². The number of hydrogen-bond acceptors (Lipinski definition) is 4. The predicted octanol–water partition coefficient (Wildman–Crippen LogP) is 1.15. The molecule has 4 nitrogen and oxygen atoms in total. The fourth-order valence-corrected chi connectivity index (χ4v) is 1.52. The highest BCUT2D eigenvalue weighted by molar-refractivity contribution is 5.69. The van der Waals surface area contributed by atoms with E-state index in [1.807, 2.05) is 0 Å². The van der Waals surface area contributed by atoms with Crippen LogP contribution in [0.2, 0.25) is 0 Å². The Hall–Kier alpha value is -0.820. The first-order chi connectivity index (χ1) is 7.82. The van der Waals surface area contributed by atoms with Gasteiger partial charge < -0.3 is 10.5 Å². The van der Waals surface area contributed by atoms with Gasteiger partial charge >= 0.3 is 12.1 Å². The fraction of sp³-hybridized carbons (Fsp3) is 0.900. The molecule has 1 unspecified atom stereocenters. The Bertz CT molecular complexity index is 234. The van der Waals surface area contributed by atoms with Crippen LogP contribution in [0.15, 0.2) is 0 Å². The number of nitrogens with two attached hydrogens (primary N) is 1. The highest BCUT2D eigenvalue weighted by Crippen LogP contribution is 2.26. The molecular formula is C10H19F3N2O2. The molecule has 0 aliphatic rings. The number of methoxy groups -OCH3 is 1. The summed E-state index contributed by atoms with van der Waals surface area (Å²) >= 11 is 0. The van der Waals surface area contributed by atoms with Gasteiger partial charge in [0.15, 0.2) is 0 Å². The number of esters is 1. The molecule has 102 valence electrons. The van der Waals surface area contributed by atoms with Crippen molar-refractivity contribution in [2.75, 3.05) is 27.2 Å². The van der Waals surface area contributed by atoms with E-state index in [9.17, 15) is 18.0 Å². The molecule has 0 saturated heterocycles. The second kappa shape index (κ2) is 7.50. The summed E-state index contributed by atoms with van der Waals surface area (Å²) in [6.45, 7) is 0.158. The molecule has 0 aromatic heterocycles. The minimum absolute atomic E-state index is 0.0223. The first-order valence-electron chi connectivity index (χ1n) is 5.36. The number of hydrogen-bond donors (Lipinski definition) is 1. The van der Waals surface area contributed by atoms with Gasteiger partial charge in [0.25, 0.3) is 0 Å². The maximum absolute atomic E-state index is 12.6. The standard InChI is InChI=1S/C10H19F3N2O2/c1-15(7-3-4-9(16)17-2)8(5-6-14)10(11,12)13/h8H,3-7,14H2,1-2H3. The van der Waals surface area contributed by atoms with Gasteiger partial charge in [0.1, 0.15) is 6.04 Å². The average molecular weight is 256 g/mol. The number of alkyl halides is 3. The highest BCUT2D eigenvalue weighted by atomic mass is 19.4. The Morgan fingerprint density at radius 2 is 2.06 bits per heavy atom. The molecule has 0 saturated carbocycles. The number of carbonyl (C=O) groups excluding carboxylic acids is 1. The highest BCUT2D eigenvalue weighted by Gasteiger charge is 2.41. The lowest BCUT2D eigenvalue weighted by Crippen LogP contribution is -2.45. The lowest BCUT2D eigenvalue weighted by atomic mass is 10.1. The zero-order valence-electron chi connectivity index (χ0n) is 10.1. The number of halogens is 3. The maximum atomic E-state index is 12.6. The summed E-state index contributed by atoms with van der Waals surface area (Å²) in [6, 6.07) is -1.55. The van der Waals surface area contributed by atoms with E-state index < -0.39 is 18.2 Å². The summed E-state index contributed by atoms with van der Waals surface area (Å²) in [7, 11) is 2.63. The van der Waals surface area contributed by atoms with Crippen molar-refractivity contribution in [2.24, 2.45) is 5.73 Å². The molecule has 0 amide bonds. The Labute approximate surface area is 98.9 Å². The van der Waals surface area contributed by atoms with Gasteiger partial charge in [-0.2, -0.15) is 13.2 Å². The van der Waals surface area contributed by atoms with Crippen LogP contribution in [0.25, 0.3) is 0 Å². The Morgan fingerprint density at radius 3 is 2.47 bits per heavy atom. The van der Waals surface area contributed by atoms with Crippen LogP contribution in [0, 0.1) is 0 Å². The van der Waals surface area contributed by atoms with Gasteiger partial charge in [-0.15, -0.1) is 0 Å². The summed E-state index contributed by atoms with van der Waals surface area (Å²) in [4.78, 5) is 12.0. The first kappa shape index (κ1) is 16.2. The Morgan fingerprint density at radius 1 is 1.47 bits per heavy atom. The number of carbonyl (C=O) groups is 1. The smallest absolute Gasteiger partial charge is 0.404 e. The van der Waals surface area contributed by atoms with E-state index >= 15 is 0 Å². The van der Waals surface area contributed by atoms with Crippen LogP contribution < -0.4 is 5.73 Å². The molecule has 0 rings (SSSR count). The molecule has 0 aromatic carbocycles. The largest absolute Gasteiger partial charge is 0.469 e. The molecule has 0 spiro atoms. The summed E-state index contributed by atoms with van der Waals surface area (Å²) in [6.07, 6.45) is -3.98. The molecule has 1 atom stereocenters. The molecular weight excluding hydrogens is 237 g/mol. The lowest BCUT2D eigenvalue weighted by Gasteiger charge is -2.29. The molecule has 17 heavy (non-hydrogen) atoms. The van der Waals surface area contributed by atoms with Crippen LogP contribution in [0.3, 0.4) is 0 Å². The van der Waals surface area contributed by atoms with Crippen molar-refractivity contribution in [1.29, 1.82) is 0 Å². The molecule has 0 aromatic rings. The van der Waals surface area contributed by atoms with E-state index in [1.54, 1.807) is 0 Å². The molecule has 2 N–H and O–H groups in total. The van der Waals surface area contributed by atoms with Crippen molar-refractivity contribution < 1.29 is 22.7 Å².